The van der Waals surface area contributed by atoms with Crippen LogP contribution in [0.5, 0.6) is 0 Å². The van der Waals surface area contributed by atoms with E-state index in [1.54, 1.807) is 6.07 Å². The number of halogens is 2. The monoisotopic (exact) mass is 413 g/mol. The highest BCUT2D eigenvalue weighted by atomic mass is 79.9. The van der Waals surface area contributed by atoms with E-state index in [0.717, 1.165) is 24.5 Å². The molecule has 1 saturated heterocycles. The van der Waals surface area contributed by atoms with Crippen LogP contribution in [-0.4, -0.2) is 28.8 Å². The van der Waals surface area contributed by atoms with E-state index < -0.39 is 11.8 Å². The number of amides is 2. The number of hydrogen-bond acceptors (Lipinski definition) is 5. The maximum absolute atomic E-state index is 13.7. The maximum Gasteiger partial charge on any atom is 0.325 e. The summed E-state index contributed by atoms with van der Waals surface area (Å²) in [6, 6.07) is 4.30. The lowest BCUT2D eigenvalue weighted by atomic mass is 10.1. The number of carbonyl (C=O) groups excluding carboxylic acids is 1. The summed E-state index contributed by atoms with van der Waals surface area (Å²) in [4.78, 5) is 14.2. The molecule has 128 valence electrons. The van der Waals surface area contributed by atoms with E-state index >= 15 is 0 Å². The summed E-state index contributed by atoms with van der Waals surface area (Å²) in [6.45, 7) is 3.11. The van der Waals surface area contributed by atoms with Crippen molar-refractivity contribution in [3.63, 3.8) is 0 Å². The molecule has 2 heterocycles. The van der Waals surface area contributed by atoms with E-state index in [9.17, 15) is 9.18 Å². The number of hydrogen-bond donors (Lipinski definition) is 2. The standard InChI is InChI=1S/C15H17BrFN5OS/c1-9-4-2-3-7-22(9)15-21-20-14(24-15)19-13(23)18-12-6-5-10(16)8-11(12)17/h5-6,8-9H,2-4,7H2,1H3,(H2,18,19,20,23)/t9-/m1/s1. The van der Waals surface area contributed by atoms with Crippen molar-refractivity contribution in [1.82, 2.24) is 10.2 Å². The summed E-state index contributed by atoms with van der Waals surface area (Å²) >= 11 is 4.49. The predicted octanol–water partition coefficient (Wildman–Crippen LogP) is 4.46. The van der Waals surface area contributed by atoms with E-state index in [1.807, 2.05) is 0 Å². The molecule has 1 atom stereocenters. The highest BCUT2D eigenvalue weighted by Crippen LogP contribution is 2.29. The minimum Gasteiger partial charge on any atom is -0.344 e. The van der Waals surface area contributed by atoms with Crippen LogP contribution in [0, 0.1) is 5.82 Å². The van der Waals surface area contributed by atoms with Crippen molar-refractivity contribution in [1.29, 1.82) is 0 Å². The van der Waals surface area contributed by atoms with Gasteiger partial charge in [-0.1, -0.05) is 27.3 Å². The van der Waals surface area contributed by atoms with Crippen LogP contribution in [0.15, 0.2) is 22.7 Å². The Kier molecular flexibility index (Phi) is 5.30. The number of nitrogens with one attached hydrogen (secondary N) is 2. The van der Waals surface area contributed by atoms with Gasteiger partial charge in [0, 0.05) is 17.1 Å². The average Bonchev–Trinajstić information content (AvgIpc) is 2.99. The fraction of sp³-hybridized carbons (Fsp3) is 0.400. The molecule has 0 spiro atoms. The molecule has 0 radical (unpaired) electrons. The zero-order valence-electron chi connectivity index (χ0n) is 13.1. The quantitative estimate of drug-likeness (QED) is 0.778. The van der Waals surface area contributed by atoms with Gasteiger partial charge in [0.25, 0.3) is 0 Å². The summed E-state index contributed by atoms with van der Waals surface area (Å²) in [6.07, 6.45) is 3.49. The van der Waals surface area contributed by atoms with E-state index in [-0.39, 0.29) is 5.69 Å². The van der Waals surface area contributed by atoms with Crippen LogP contribution >= 0.6 is 27.3 Å². The van der Waals surface area contributed by atoms with Crippen molar-refractivity contribution in [2.24, 2.45) is 0 Å². The van der Waals surface area contributed by atoms with Gasteiger partial charge in [0.2, 0.25) is 10.3 Å². The van der Waals surface area contributed by atoms with Gasteiger partial charge < -0.3 is 10.2 Å². The number of rotatable bonds is 3. The lowest BCUT2D eigenvalue weighted by molar-refractivity contribution is 0.262. The first-order valence-corrected chi connectivity index (χ1v) is 9.27. The fourth-order valence-corrected chi connectivity index (χ4v) is 3.81. The number of aromatic nitrogens is 2. The Morgan fingerprint density at radius 3 is 2.96 bits per heavy atom. The van der Waals surface area contributed by atoms with Gasteiger partial charge in [-0.3, -0.25) is 5.32 Å². The molecule has 2 N–H and O–H groups in total. The molecule has 1 aromatic carbocycles. The summed E-state index contributed by atoms with van der Waals surface area (Å²) in [5, 5.41) is 14.4. The zero-order valence-corrected chi connectivity index (χ0v) is 15.5. The largest absolute Gasteiger partial charge is 0.344 e. The molecule has 0 bridgehead atoms. The lowest BCUT2D eigenvalue weighted by Gasteiger charge is -2.32. The van der Waals surface area contributed by atoms with Crippen LogP contribution in [0.1, 0.15) is 26.2 Å². The predicted molar refractivity (Wildman–Crippen MR) is 97.3 cm³/mol. The van der Waals surface area contributed by atoms with Crippen molar-refractivity contribution in [2.75, 3.05) is 22.1 Å². The van der Waals surface area contributed by atoms with Crippen LogP contribution in [0.3, 0.4) is 0 Å². The van der Waals surface area contributed by atoms with E-state index in [4.69, 9.17) is 0 Å². The third kappa shape index (κ3) is 4.02. The SMILES string of the molecule is C[C@@H]1CCCCN1c1nnc(NC(=O)Nc2ccc(Br)cc2F)s1. The molecular weight excluding hydrogens is 397 g/mol. The molecular formula is C15H17BrFN5OS. The topological polar surface area (TPSA) is 70.2 Å². The third-order valence-electron chi connectivity index (χ3n) is 3.86. The van der Waals surface area contributed by atoms with E-state index in [0.29, 0.717) is 15.6 Å². The van der Waals surface area contributed by atoms with Crippen LogP contribution in [-0.2, 0) is 0 Å². The van der Waals surface area contributed by atoms with Gasteiger partial charge >= 0.3 is 6.03 Å². The Bertz CT molecular complexity index is 740. The minimum absolute atomic E-state index is 0.102. The van der Waals surface area contributed by atoms with Gasteiger partial charge in [0.05, 0.1) is 5.69 Å². The number of anilines is 3. The second kappa shape index (κ2) is 7.43. The normalized spacial score (nSPS) is 17.6. The first kappa shape index (κ1) is 17.1. The van der Waals surface area contributed by atoms with E-state index in [2.05, 4.69) is 48.6 Å². The lowest BCUT2D eigenvalue weighted by Crippen LogP contribution is -2.37. The minimum atomic E-state index is -0.550. The molecule has 1 aromatic heterocycles. The van der Waals surface area contributed by atoms with Gasteiger partial charge in [0.1, 0.15) is 5.82 Å². The van der Waals surface area contributed by atoms with Crippen molar-refractivity contribution in [3.8, 4) is 0 Å². The average molecular weight is 414 g/mol. The molecule has 6 nitrogen and oxygen atoms in total. The maximum atomic E-state index is 13.7. The molecule has 1 aliphatic heterocycles. The molecule has 0 saturated carbocycles. The second-order valence-corrected chi connectivity index (χ2v) is 7.50. The van der Waals surface area contributed by atoms with Crippen LogP contribution < -0.4 is 15.5 Å². The number of nitrogens with zero attached hydrogens (tertiary/aromatic N) is 3. The van der Waals surface area contributed by atoms with Gasteiger partial charge in [-0.05, 0) is 44.4 Å². The smallest absolute Gasteiger partial charge is 0.325 e. The molecule has 1 aliphatic rings. The van der Waals surface area contributed by atoms with Crippen molar-refractivity contribution >= 4 is 49.2 Å². The highest BCUT2D eigenvalue weighted by molar-refractivity contribution is 9.10. The number of urea groups is 1. The number of benzene rings is 1. The van der Waals surface area contributed by atoms with Crippen molar-refractivity contribution in [3.05, 3.63) is 28.5 Å². The Hall–Kier alpha value is -1.74. The molecule has 2 amide bonds. The van der Waals surface area contributed by atoms with Gasteiger partial charge in [-0.15, -0.1) is 10.2 Å². The van der Waals surface area contributed by atoms with Gasteiger partial charge in [0.15, 0.2) is 0 Å². The number of piperidine rings is 1. The Morgan fingerprint density at radius 1 is 1.38 bits per heavy atom. The molecule has 1 fully saturated rings. The molecule has 24 heavy (non-hydrogen) atoms. The molecule has 0 unspecified atom stereocenters. The van der Waals surface area contributed by atoms with Crippen LogP contribution in [0.25, 0.3) is 0 Å². The summed E-state index contributed by atoms with van der Waals surface area (Å²) in [7, 11) is 0. The molecule has 3 rings (SSSR count). The van der Waals surface area contributed by atoms with Gasteiger partial charge in [-0.25, -0.2) is 9.18 Å². The third-order valence-corrected chi connectivity index (χ3v) is 5.23. The molecule has 9 heteroatoms. The number of carbonyl (C=O) groups is 1. The Balaban J connectivity index is 1.62. The van der Waals surface area contributed by atoms with Crippen molar-refractivity contribution < 1.29 is 9.18 Å². The van der Waals surface area contributed by atoms with E-state index in [1.165, 1.54) is 29.9 Å². The fourth-order valence-electron chi connectivity index (χ4n) is 2.61. The Morgan fingerprint density at radius 2 is 2.21 bits per heavy atom. The van der Waals surface area contributed by atoms with Crippen LogP contribution in [0.2, 0.25) is 0 Å². The molecule has 0 aliphatic carbocycles. The first-order chi connectivity index (χ1) is 11.5. The Labute approximate surface area is 151 Å². The summed E-state index contributed by atoms with van der Waals surface area (Å²) < 4.78 is 14.3. The van der Waals surface area contributed by atoms with Crippen LogP contribution in [0.4, 0.5) is 25.1 Å². The van der Waals surface area contributed by atoms with Gasteiger partial charge in [-0.2, -0.15) is 0 Å². The summed E-state index contributed by atoms with van der Waals surface area (Å²) in [5.41, 5.74) is 0.102. The molecule has 2 aromatic rings. The zero-order chi connectivity index (χ0) is 17.1. The summed E-state index contributed by atoms with van der Waals surface area (Å²) in [5.74, 6) is -0.514. The van der Waals surface area contributed by atoms with Crippen molar-refractivity contribution in [2.45, 2.75) is 32.2 Å². The first-order valence-electron chi connectivity index (χ1n) is 7.66. The second-order valence-electron chi connectivity index (χ2n) is 5.63. The highest BCUT2D eigenvalue weighted by Gasteiger charge is 2.22.